The van der Waals surface area contributed by atoms with Crippen molar-refractivity contribution in [3.8, 4) is 0 Å². The molecule has 0 saturated carbocycles. The second kappa shape index (κ2) is 10.7. The summed E-state index contributed by atoms with van der Waals surface area (Å²) in [6.07, 6.45) is 1.26. The Kier molecular flexibility index (Phi) is 7.98. The molecule has 6 nitrogen and oxygen atoms in total. The first-order valence-corrected chi connectivity index (χ1v) is 11.5. The van der Waals surface area contributed by atoms with Gasteiger partial charge in [-0.15, -0.1) is 0 Å². The highest BCUT2D eigenvalue weighted by molar-refractivity contribution is 7.89. The molecule has 3 rings (SSSR count). The Balaban J connectivity index is 1.81. The van der Waals surface area contributed by atoms with E-state index in [1.807, 2.05) is 0 Å². The Bertz CT molecular complexity index is 1240. The molecular weight excluding hydrogens is 476 g/mol. The van der Waals surface area contributed by atoms with Crippen LogP contribution in [-0.2, 0) is 21.4 Å². The van der Waals surface area contributed by atoms with Gasteiger partial charge in [0.05, 0.1) is 17.7 Å². The minimum atomic E-state index is -4.02. The molecule has 1 N–H and O–H groups in total. The van der Waals surface area contributed by atoms with E-state index in [4.69, 9.17) is 23.2 Å². The van der Waals surface area contributed by atoms with Gasteiger partial charge in [0.1, 0.15) is 5.82 Å². The summed E-state index contributed by atoms with van der Waals surface area (Å²) in [7, 11) is -4.02. The molecule has 1 amide bonds. The number of benzene rings is 3. The molecule has 0 fully saturated rings. The van der Waals surface area contributed by atoms with Crippen LogP contribution in [0.1, 0.15) is 11.1 Å². The van der Waals surface area contributed by atoms with E-state index in [-0.39, 0.29) is 16.5 Å². The number of amides is 1. The number of nitrogens with one attached hydrogen (secondary N) is 1. The summed E-state index contributed by atoms with van der Waals surface area (Å²) in [6.45, 7) is -0.676. The van der Waals surface area contributed by atoms with Gasteiger partial charge in [0, 0.05) is 16.6 Å². The third-order valence-corrected chi connectivity index (χ3v) is 6.71. The lowest BCUT2D eigenvalue weighted by Gasteiger charge is -2.22. The van der Waals surface area contributed by atoms with E-state index in [2.05, 4.69) is 10.5 Å². The number of carbonyl (C=O) groups excluding carboxylic acids is 1. The molecule has 0 radical (unpaired) electrons. The van der Waals surface area contributed by atoms with Crippen LogP contribution in [0.15, 0.2) is 82.8 Å². The first-order chi connectivity index (χ1) is 15.3. The van der Waals surface area contributed by atoms with Crippen LogP contribution in [0.3, 0.4) is 0 Å². The zero-order valence-corrected chi connectivity index (χ0v) is 18.9. The molecule has 3 aromatic rings. The zero-order valence-electron chi connectivity index (χ0n) is 16.6. The third kappa shape index (κ3) is 6.37. The van der Waals surface area contributed by atoms with Gasteiger partial charge in [-0.2, -0.15) is 9.41 Å². The molecule has 10 heteroatoms. The van der Waals surface area contributed by atoms with Crippen molar-refractivity contribution in [2.24, 2.45) is 5.10 Å². The highest BCUT2D eigenvalue weighted by atomic mass is 35.5. The smallest absolute Gasteiger partial charge is 0.255 e. The number of sulfonamides is 1. The maximum absolute atomic E-state index is 13.2. The number of nitrogens with zero attached hydrogens (tertiary/aromatic N) is 2. The summed E-state index contributed by atoms with van der Waals surface area (Å²) in [4.78, 5) is 12.5. The van der Waals surface area contributed by atoms with Crippen molar-refractivity contribution in [1.29, 1.82) is 0 Å². The van der Waals surface area contributed by atoms with Gasteiger partial charge in [0.15, 0.2) is 0 Å². The summed E-state index contributed by atoms with van der Waals surface area (Å²) >= 11 is 12.1. The van der Waals surface area contributed by atoms with E-state index >= 15 is 0 Å². The third-order valence-electron chi connectivity index (χ3n) is 4.31. The number of hydrazone groups is 1. The highest BCUT2D eigenvalue weighted by Gasteiger charge is 2.27. The van der Waals surface area contributed by atoms with Crippen molar-refractivity contribution in [2.45, 2.75) is 11.4 Å². The van der Waals surface area contributed by atoms with E-state index < -0.39 is 28.3 Å². The van der Waals surface area contributed by atoms with Crippen LogP contribution in [0.2, 0.25) is 10.0 Å². The molecule has 0 atom stereocenters. The van der Waals surface area contributed by atoms with Crippen molar-refractivity contribution in [1.82, 2.24) is 9.73 Å². The lowest BCUT2D eigenvalue weighted by molar-refractivity contribution is -0.121. The molecule has 3 aromatic carbocycles. The largest absolute Gasteiger partial charge is 0.272 e. The molecule has 0 spiro atoms. The van der Waals surface area contributed by atoms with Crippen LogP contribution in [0.4, 0.5) is 4.39 Å². The molecule has 0 unspecified atom stereocenters. The SMILES string of the molecule is O=C(CN(Cc1ccc(Cl)cc1Cl)S(=O)(=O)c1ccccc1)N/N=C\c1cccc(F)c1. The Labute approximate surface area is 195 Å². The Morgan fingerprint density at radius 2 is 1.78 bits per heavy atom. The molecule has 0 bridgehead atoms. The average molecular weight is 494 g/mol. The quantitative estimate of drug-likeness (QED) is 0.371. The molecule has 0 aliphatic rings. The summed E-state index contributed by atoms with van der Waals surface area (Å²) < 4.78 is 40.6. The molecule has 0 aliphatic heterocycles. The van der Waals surface area contributed by atoms with E-state index in [1.54, 1.807) is 36.4 Å². The Morgan fingerprint density at radius 3 is 2.47 bits per heavy atom. The van der Waals surface area contributed by atoms with Crippen molar-refractivity contribution >= 4 is 45.3 Å². The number of carbonyl (C=O) groups is 1. The van der Waals surface area contributed by atoms with Crippen molar-refractivity contribution in [2.75, 3.05) is 6.54 Å². The fourth-order valence-electron chi connectivity index (χ4n) is 2.77. The maximum Gasteiger partial charge on any atom is 0.255 e. The van der Waals surface area contributed by atoms with Gasteiger partial charge in [-0.1, -0.05) is 59.6 Å². The molecule has 166 valence electrons. The Morgan fingerprint density at radius 1 is 1.03 bits per heavy atom. The van der Waals surface area contributed by atoms with Crippen LogP contribution in [0, 0.1) is 5.82 Å². The topological polar surface area (TPSA) is 78.8 Å². The van der Waals surface area contributed by atoms with Crippen LogP contribution >= 0.6 is 23.2 Å². The van der Waals surface area contributed by atoms with E-state index in [0.717, 1.165) is 4.31 Å². The molecule has 32 heavy (non-hydrogen) atoms. The van der Waals surface area contributed by atoms with Crippen LogP contribution < -0.4 is 5.43 Å². The standard InChI is InChI=1S/C22H18Cl2FN3O3S/c23-18-10-9-17(21(24)12-18)14-28(32(30,31)20-7-2-1-3-8-20)15-22(29)27-26-13-16-5-4-6-19(25)11-16/h1-13H,14-15H2,(H,27,29)/b26-13-. The molecule has 0 saturated heterocycles. The number of rotatable bonds is 8. The van der Waals surface area contributed by atoms with E-state index in [0.29, 0.717) is 16.1 Å². The molecule has 0 aromatic heterocycles. The van der Waals surface area contributed by atoms with Crippen LogP contribution in [0.5, 0.6) is 0 Å². The first-order valence-electron chi connectivity index (χ1n) is 9.32. The number of halogens is 3. The summed E-state index contributed by atoms with van der Waals surface area (Å²) in [6, 6.07) is 18.0. The van der Waals surface area contributed by atoms with Gasteiger partial charge >= 0.3 is 0 Å². The van der Waals surface area contributed by atoms with E-state index in [9.17, 15) is 17.6 Å². The molecular formula is C22H18Cl2FN3O3S. The minimum Gasteiger partial charge on any atom is -0.272 e. The predicted molar refractivity (Wildman–Crippen MR) is 123 cm³/mol. The van der Waals surface area contributed by atoms with Crippen LogP contribution in [0.25, 0.3) is 0 Å². The zero-order chi connectivity index (χ0) is 23.1. The first kappa shape index (κ1) is 23.9. The van der Waals surface area contributed by atoms with Gasteiger partial charge in [0.2, 0.25) is 10.0 Å². The van der Waals surface area contributed by atoms with Crippen molar-refractivity contribution in [3.63, 3.8) is 0 Å². The fourth-order valence-corrected chi connectivity index (χ4v) is 4.63. The van der Waals surface area contributed by atoms with Gasteiger partial charge in [0.25, 0.3) is 5.91 Å². The summed E-state index contributed by atoms with van der Waals surface area (Å²) in [5.74, 6) is -1.12. The molecule has 0 aliphatic carbocycles. The van der Waals surface area contributed by atoms with Gasteiger partial charge in [-0.05, 0) is 47.5 Å². The average Bonchev–Trinajstić information content (AvgIpc) is 2.75. The number of hydrogen-bond acceptors (Lipinski definition) is 4. The maximum atomic E-state index is 13.2. The second-order valence-electron chi connectivity index (χ2n) is 6.67. The van der Waals surface area contributed by atoms with E-state index in [1.165, 1.54) is 42.6 Å². The van der Waals surface area contributed by atoms with Gasteiger partial charge in [-0.25, -0.2) is 18.2 Å². The predicted octanol–water partition coefficient (Wildman–Crippen LogP) is 4.47. The lowest BCUT2D eigenvalue weighted by Crippen LogP contribution is -2.39. The van der Waals surface area contributed by atoms with Crippen molar-refractivity contribution in [3.05, 3.63) is 99.8 Å². The lowest BCUT2D eigenvalue weighted by atomic mass is 10.2. The van der Waals surface area contributed by atoms with Gasteiger partial charge < -0.3 is 0 Å². The van der Waals surface area contributed by atoms with Crippen LogP contribution in [-0.4, -0.2) is 31.4 Å². The van der Waals surface area contributed by atoms with Gasteiger partial charge in [-0.3, -0.25) is 4.79 Å². The summed E-state index contributed by atoms with van der Waals surface area (Å²) in [5.41, 5.74) is 3.18. The number of hydrogen-bond donors (Lipinski definition) is 1. The monoisotopic (exact) mass is 493 g/mol. The second-order valence-corrected chi connectivity index (χ2v) is 9.45. The fraction of sp³-hybridized carbons (Fsp3) is 0.0909. The van der Waals surface area contributed by atoms with Crippen molar-refractivity contribution < 1.29 is 17.6 Å². The Hall–Kier alpha value is -2.78. The molecule has 0 heterocycles. The normalized spacial score (nSPS) is 11.8. The highest BCUT2D eigenvalue weighted by Crippen LogP contribution is 2.25. The summed E-state index contributed by atoms with van der Waals surface area (Å²) in [5, 5.41) is 4.45. The minimum absolute atomic E-state index is 0.0288.